The Morgan fingerprint density at radius 1 is 1.44 bits per heavy atom. The molecule has 0 heterocycles. The van der Waals surface area contributed by atoms with E-state index >= 15 is 0 Å². The smallest absolute Gasteiger partial charge is 0.258 e. The fourth-order valence-electron chi connectivity index (χ4n) is 1.33. The second-order valence-corrected chi connectivity index (χ2v) is 6.44. The molecular formula is C11H12BrNO4S. The van der Waals surface area contributed by atoms with E-state index < -0.39 is 14.8 Å². The molecule has 0 aromatic heterocycles. The summed E-state index contributed by atoms with van der Waals surface area (Å²) in [7, 11) is -3.44. The number of nitrogens with zero attached hydrogens (tertiary/aromatic N) is 1. The van der Waals surface area contributed by atoms with Crippen LogP contribution in [0, 0.1) is 10.1 Å². The Bertz CT molecular complexity index is 581. The molecule has 0 N–H and O–H groups in total. The zero-order valence-electron chi connectivity index (χ0n) is 9.67. The maximum atomic E-state index is 11.3. The van der Waals surface area contributed by atoms with E-state index in [1.807, 2.05) is 0 Å². The fraction of sp³-hybridized carbons (Fsp3) is 0.273. The van der Waals surface area contributed by atoms with E-state index in [0.29, 0.717) is 5.56 Å². The molecule has 0 saturated heterocycles. The second-order valence-electron chi connectivity index (χ2n) is 3.63. The number of hydrogen-bond donors (Lipinski definition) is 0. The molecule has 0 aliphatic rings. The maximum absolute atomic E-state index is 11.3. The van der Waals surface area contributed by atoms with Gasteiger partial charge in [-0.15, -0.1) is 0 Å². The summed E-state index contributed by atoms with van der Waals surface area (Å²) in [6.07, 6.45) is 5.17. The van der Waals surface area contributed by atoms with Crippen molar-refractivity contribution >= 4 is 37.5 Å². The minimum Gasteiger partial charge on any atom is -0.258 e. The van der Waals surface area contributed by atoms with Crippen LogP contribution >= 0.6 is 15.9 Å². The van der Waals surface area contributed by atoms with Crippen LogP contribution in [0.15, 0.2) is 29.2 Å². The molecule has 18 heavy (non-hydrogen) atoms. The third-order valence-corrected chi connectivity index (χ3v) is 3.77. The Kier molecular flexibility index (Phi) is 5.03. The van der Waals surface area contributed by atoms with E-state index in [-0.39, 0.29) is 10.6 Å². The lowest BCUT2D eigenvalue weighted by atomic mass is 10.1. The van der Waals surface area contributed by atoms with E-state index in [9.17, 15) is 18.5 Å². The van der Waals surface area contributed by atoms with Crippen molar-refractivity contribution in [3.63, 3.8) is 0 Å². The zero-order valence-corrected chi connectivity index (χ0v) is 12.1. The van der Waals surface area contributed by atoms with E-state index in [1.54, 1.807) is 12.2 Å². The molecule has 0 amide bonds. The molecule has 0 atom stereocenters. The summed E-state index contributed by atoms with van der Waals surface area (Å²) in [5.41, 5.74) is 0.192. The highest BCUT2D eigenvalue weighted by Gasteiger charge is 2.16. The van der Waals surface area contributed by atoms with Crippen molar-refractivity contribution in [1.82, 2.24) is 0 Å². The summed E-state index contributed by atoms with van der Waals surface area (Å²) < 4.78 is 22.7. The van der Waals surface area contributed by atoms with Crippen molar-refractivity contribution in [1.29, 1.82) is 0 Å². The minimum atomic E-state index is -3.44. The molecule has 1 aromatic rings. The van der Waals surface area contributed by atoms with Crippen LogP contribution in [0.25, 0.3) is 6.08 Å². The van der Waals surface area contributed by atoms with Crippen LogP contribution in [0.3, 0.4) is 0 Å². The highest BCUT2D eigenvalue weighted by Crippen LogP contribution is 2.24. The summed E-state index contributed by atoms with van der Waals surface area (Å²) in [6.45, 7) is 0. The van der Waals surface area contributed by atoms with Gasteiger partial charge in [-0.1, -0.05) is 28.1 Å². The average Bonchev–Trinajstić information content (AvgIpc) is 2.28. The lowest BCUT2D eigenvalue weighted by Crippen LogP contribution is -2.00. The molecule has 5 nitrogen and oxygen atoms in total. The van der Waals surface area contributed by atoms with Gasteiger partial charge in [0.05, 0.1) is 15.4 Å². The Labute approximate surface area is 114 Å². The summed E-state index contributed by atoms with van der Waals surface area (Å²) in [5.74, 6) is 0. The minimum absolute atomic E-state index is 0.0492. The predicted octanol–water partition coefficient (Wildman–Crippen LogP) is 2.80. The number of hydrogen-bond acceptors (Lipinski definition) is 4. The maximum Gasteiger partial charge on any atom is 0.277 e. The quantitative estimate of drug-likeness (QED) is 0.471. The molecule has 0 aliphatic carbocycles. The highest BCUT2D eigenvalue weighted by molar-refractivity contribution is 9.09. The largest absolute Gasteiger partial charge is 0.277 e. The summed E-state index contributed by atoms with van der Waals surface area (Å²) >= 11 is 3.24. The number of halogens is 1. The van der Waals surface area contributed by atoms with Gasteiger partial charge in [0.25, 0.3) is 5.69 Å². The number of rotatable bonds is 5. The second kappa shape index (κ2) is 6.10. The monoisotopic (exact) mass is 333 g/mol. The molecule has 0 unspecified atom stereocenters. The van der Waals surface area contributed by atoms with E-state index in [2.05, 4.69) is 15.9 Å². The lowest BCUT2D eigenvalue weighted by molar-refractivity contribution is -0.385. The third-order valence-electron chi connectivity index (χ3n) is 2.20. The summed E-state index contributed by atoms with van der Waals surface area (Å²) in [6, 6.07) is 3.90. The number of benzene rings is 1. The molecule has 7 heteroatoms. The molecular weight excluding hydrogens is 322 g/mol. The van der Waals surface area contributed by atoms with Gasteiger partial charge < -0.3 is 0 Å². The molecule has 0 aliphatic heterocycles. The van der Waals surface area contributed by atoms with Crippen LogP contribution in [0.5, 0.6) is 0 Å². The first kappa shape index (κ1) is 14.8. The van der Waals surface area contributed by atoms with Crippen molar-refractivity contribution in [3.8, 4) is 0 Å². The van der Waals surface area contributed by atoms with Gasteiger partial charge in [0.15, 0.2) is 9.84 Å². The van der Waals surface area contributed by atoms with Crippen LogP contribution in [-0.4, -0.2) is 24.9 Å². The Hall–Kier alpha value is -1.21. The van der Waals surface area contributed by atoms with Crippen LogP contribution in [0.1, 0.15) is 12.0 Å². The van der Waals surface area contributed by atoms with Gasteiger partial charge >= 0.3 is 0 Å². The van der Waals surface area contributed by atoms with Crippen molar-refractivity contribution in [2.24, 2.45) is 0 Å². The van der Waals surface area contributed by atoms with Crippen LogP contribution < -0.4 is 0 Å². The fourth-order valence-corrected chi connectivity index (χ4v) is 2.23. The van der Waals surface area contributed by atoms with Crippen LogP contribution in [-0.2, 0) is 9.84 Å². The molecule has 98 valence electrons. The van der Waals surface area contributed by atoms with Crippen LogP contribution in [0.4, 0.5) is 5.69 Å². The number of alkyl halides is 1. The third kappa shape index (κ3) is 3.92. The molecule has 0 saturated carbocycles. The van der Waals surface area contributed by atoms with Gasteiger partial charge in [0.1, 0.15) is 0 Å². The lowest BCUT2D eigenvalue weighted by Gasteiger charge is -2.01. The van der Waals surface area contributed by atoms with Gasteiger partial charge in [0.2, 0.25) is 0 Å². The summed E-state index contributed by atoms with van der Waals surface area (Å²) in [5, 5.41) is 11.7. The molecule has 1 aromatic carbocycles. The van der Waals surface area contributed by atoms with E-state index in [4.69, 9.17) is 0 Å². The van der Waals surface area contributed by atoms with Gasteiger partial charge in [-0.2, -0.15) is 0 Å². The predicted molar refractivity (Wildman–Crippen MR) is 73.7 cm³/mol. The Balaban J connectivity index is 3.25. The van der Waals surface area contributed by atoms with Gasteiger partial charge in [-0.25, -0.2) is 8.42 Å². The molecule has 0 spiro atoms. The average molecular weight is 334 g/mol. The zero-order chi connectivity index (χ0) is 13.8. The first-order valence-electron chi connectivity index (χ1n) is 5.07. The Morgan fingerprint density at radius 3 is 2.61 bits per heavy atom. The summed E-state index contributed by atoms with van der Waals surface area (Å²) in [4.78, 5) is 10.3. The van der Waals surface area contributed by atoms with Crippen molar-refractivity contribution in [2.75, 3.05) is 11.6 Å². The molecule has 0 bridgehead atoms. The number of allylic oxidation sites excluding steroid dienone is 1. The van der Waals surface area contributed by atoms with E-state index in [1.165, 1.54) is 12.1 Å². The van der Waals surface area contributed by atoms with Crippen molar-refractivity contribution in [2.45, 2.75) is 11.3 Å². The highest BCUT2D eigenvalue weighted by atomic mass is 79.9. The Morgan fingerprint density at radius 2 is 2.11 bits per heavy atom. The molecule has 0 radical (unpaired) electrons. The first-order valence-corrected chi connectivity index (χ1v) is 8.08. The van der Waals surface area contributed by atoms with E-state index in [0.717, 1.165) is 24.1 Å². The molecule has 1 rings (SSSR count). The molecule has 0 fully saturated rings. The van der Waals surface area contributed by atoms with Gasteiger partial charge in [-0.05, 0) is 18.6 Å². The number of nitro groups is 1. The van der Waals surface area contributed by atoms with Crippen LogP contribution in [0.2, 0.25) is 0 Å². The standard InChI is InChI=1S/C11H12BrNO4S/c1-18(16,17)10-6-5-9(4-2-3-7-12)11(8-10)13(14)15/h2,4-6,8H,3,7H2,1H3. The number of nitro benzene ring substituents is 1. The first-order chi connectivity index (χ1) is 8.36. The number of sulfone groups is 1. The topological polar surface area (TPSA) is 77.3 Å². The normalized spacial score (nSPS) is 11.9. The van der Waals surface area contributed by atoms with Crippen molar-refractivity contribution in [3.05, 3.63) is 40.0 Å². The van der Waals surface area contributed by atoms with Gasteiger partial charge in [0, 0.05) is 17.7 Å². The van der Waals surface area contributed by atoms with Crippen molar-refractivity contribution < 1.29 is 13.3 Å². The van der Waals surface area contributed by atoms with Gasteiger partial charge in [-0.3, -0.25) is 10.1 Å². The SMILES string of the molecule is CS(=O)(=O)c1ccc(C=CCCBr)c([N+](=O)[O-])c1.